The zero-order valence-electron chi connectivity index (χ0n) is 12.8. The van der Waals surface area contributed by atoms with Crippen LogP contribution in [0.5, 0.6) is 0 Å². The number of ether oxygens (including phenoxy) is 1. The normalized spacial score (nSPS) is 15.7. The summed E-state index contributed by atoms with van der Waals surface area (Å²) < 4.78 is 4.69. The fraction of sp³-hybridized carbons (Fsp3) is 0.500. The molecule has 0 bridgehead atoms. The topological polar surface area (TPSA) is 58.6 Å². The number of methoxy groups -OCH3 is 1. The van der Waals surface area contributed by atoms with Gasteiger partial charge in [0, 0.05) is 24.7 Å². The fourth-order valence-electron chi connectivity index (χ4n) is 2.52. The van der Waals surface area contributed by atoms with Gasteiger partial charge in [-0.15, -0.1) is 0 Å². The molecule has 2 rings (SSSR count). The Balaban J connectivity index is 1.90. The Kier molecular flexibility index (Phi) is 4.83. The average molecular weight is 290 g/mol. The van der Waals surface area contributed by atoms with Crippen molar-refractivity contribution in [2.75, 3.05) is 25.5 Å². The minimum atomic E-state index is -0.317. The van der Waals surface area contributed by atoms with Crippen molar-refractivity contribution in [2.45, 2.75) is 26.7 Å². The van der Waals surface area contributed by atoms with E-state index in [1.54, 1.807) is 4.90 Å². The molecule has 1 N–H and O–H groups in total. The van der Waals surface area contributed by atoms with Crippen LogP contribution in [-0.4, -0.2) is 37.1 Å². The number of benzene rings is 1. The first-order valence-electron chi connectivity index (χ1n) is 7.22. The summed E-state index contributed by atoms with van der Waals surface area (Å²) in [7, 11) is 1.38. The van der Waals surface area contributed by atoms with Gasteiger partial charge in [0.1, 0.15) is 0 Å². The van der Waals surface area contributed by atoms with E-state index in [1.807, 2.05) is 32.0 Å². The van der Waals surface area contributed by atoms with Crippen molar-refractivity contribution in [3.8, 4) is 0 Å². The SMILES string of the molecule is COC(=O)N1CCC(C(=O)Nc2ccc(C)c(C)c2)CC1. The number of hydrogen-bond donors (Lipinski definition) is 1. The van der Waals surface area contributed by atoms with Gasteiger partial charge in [0.05, 0.1) is 7.11 Å². The zero-order chi connectivity index (χ0) is 15.4. The van der Waals surface area contributed by atoms with Crippen LogP contribution in [0.1, 0.15) is 24.0 Å². The van der Waals surface area contributed by atoms with Crippen LogP contribution in [0.2, 0.25) is 0 Å². The molecule has 0 saturated carbocycles. The molecule has 1 saturated heterocycles. The molecule has 1 aromatic carbocycles. The number of anilines is 1. The van der Waals surface area contributed by atoms with Crippen molar-refractivity contribution in [2.24, 2.45) is 5.92 Å². The quantitative estimate of drug-likeness (QED) is 0.911. The number of piperidine rings is 1. The minimum Gasteiger partial charge on any atom is -0.453 e. The van der Waals surface area contributed by atoms with Crippen molar-refractivity contribution in [3.05, 3.63) is 29.3 Å². The van der Waals surface area contributed by atoms with Crippen molar-refractivity contribution in [1.82, 2.24) is 4.90 Å². The molecule has 1 aliphatic rings. The molecule has 1 aromatic rings. The van der Waals surface area contributed by atoms with Crippen LogP contribution >= 0.6 is 0 Å². The molecule has 21 heavy (non-hydrogen) atoms. The van der Waals surface area contributed by atoms with Crippen LogP contribution in [0.25, 0.3) is 0 Å². The number of carbonyl (C=O) groups excluding carboxylic acids is 2. The third-order valence-corrected chi connectivity index (χ3v) is 4.07. The Morgan fingerprint density at radius 2 is 1.86 bits per heavy atom. The summed E-state index contributed by atoms with van der Waals surface area (Å²) in [6.07, 6.45) is 1.03. The molecule has 0 atom stereocenters. The second-order valence-electron chi connectivity index (χ2n) is 5.52. The minimum absolute atomic E-state index is 0.0303. The average Bonchev–Trinajstić information content (AvgIpc) is 2.50. The maximum atomic E-state index is 12.3. The summed E-state index contributed by atoms with van der Waals surface area (Å²) in [4.78, 5) is 25.3. The Hall–Kier alpha value is -2.04. The molecule has 0 radical (unpaired) electrons. The smallest absolute Gasteiger partial charge is 0.409 e. The predicted molar refractivity (Wildman–Crippen MR) is 81.2 cm³/mol. The summed E-state index contributed by atoms with van der Waals surface area (Å²) in [5.41, 5.74) is 3.20. The monoisotopic (exact) mass is 290 g/mol. The van der Waals surface area contributed by atoms with Gasteiger partial charge in [-0.1, -0.05) is 6.07 Å². The molecule has 0 aliphatic carbocycles. The Labute approximate surface area is 125 Å². The second-order valence-corrected chi connectivity index (χ2v) is 5.52. The van der Waals surface area contributed by atoms with Crippen LogP contribution < -0.4 is 5.32 Å². The highest BCUT2D eigenvalue weighted by atomic mass is 16.5. The third kappa shape index (κ3) is 3.74. The van der Waals surface area contributed by atoms with Gasteiger partial charge in [0.25, 0.3) is 0 Å². The number of hydrogen-bond acceptors (Lipinski definition) is 3. The molecule has 1 fully saturated rings. The van der Waals surface area contributed by atoms with Gasteiger partial charge in [-0.25, -0.2) is 4.79 Å². The number of rotatable bonds is 2. The molecule has 0 unspecified atom stereocenters. The summed E-state index contributed by atoms with van der Waals surface area (Å²) in [5.74, 6) is -0.0183. The van der Waals surface area contributed by atoms with Gasteiger partial charge in [-0.3, -0.25) is 4.79 Å². The van der Waals surface area contributed by atoms with Crippen molar-refractivity contribution in [3.63, 3.8) is 0 Å². The third-order valence-electron chi connectivity index (χ3n) is 4.07. The number of amides is 2. The fourth-order valence-corrected chi connectivity index (χ4v) is 2.52. The molecule has 1 heterocycles. The molecule has 5 heteroatoms. The van der Waals surface area contributed by atoms with E-state index in [1.165, 1.54) is 12.7 Å². The zero-order valence-corrected chi connectivity index (χ0v) is 12.8. The van der Waals surface area contributed by atoms with Crippen LogP contribution in [0.4, 0.5) is 10.5 Å². The molecule has 0 spiro atoms. The van der Waals surface area contributed by atoms with Crippen LogP contribution in [-0.2, 0) is 9.53 Å². The molecule has 2 amide bonds. The van der Waals surface area contributed by atoms with E-state index in [2.05, 4.69) is 5.32 Å². The maximum absolute atomic E-state index is 12.3. The van der Waals surface area contributed by atoms with Gasteiger partial charge >= 0.3 is 6.09 Å². The standard InChI is InChI=1S/C16H22N2O3/c1-11-4-5-14(10-12(11)2)17-15(19)13-6-8-18(9-7-13)16(20)21-3/h4-5,10,13H,6-9H2,1-3H3,(H,17,19). The van der Waals surface area contributed by atoms with Gasteiger partial charge in [-0.05, 0) is 49.9 Å². The summed E-state index contributed by atoms with van der Waals surface area (Å²) in [6, 6.07) is 5.91. The van der Waals surface area contributed by atoms with Crippen LogP contribution in [0, 0.1) is 19.8 Å². The highest BCUT2D eigenvalue weighted by molar-refractivity contribution is 5.92. The molecule has 114 valence electrons. The lowest BCUT2D eigenvalue weighted by Crippen LogP contribution is -2.41. The van der Waals surface area contributed by atoms with Crippen LogP contribution in [0.3, 0.4) is 0 Å². The van der Waals surface area contributed by atoms with E-state index in [4.69, 9.17) is 4.74 Å². The number of nitrogens with zero attached hydrogens (tertiary/aromatic N) is 1. The number of likely N-dealkylation sites (tertiary alicyclic amines) is 1. The van der Waals surface area contributed by atoms with Crippen molar-refractivity contribution < 1.29 is 14.3 Å². The van der Waals surface area contributed by atoms with Gasteiger partial charge in [-0.2, -0.15) is 0 Å². The van der Waals surface area contributed by atoms with E-state index in [9.17, 15) is 9.59 Å². The Morgan fingerprint density at radius 1 is 1.19 bits per heavy atom. The summed E-state index contributed by atoms with van der Waals surface area (Å²) in [5, 5.41) is 2.96. The lowest BCUT2D eigenvalue weighted by atomic mass is 9.96. The highest BCUT2D eigenvalue weighted by Crippen LogP contribution is 2.21. The second kappa shape index (κ2) is 6.61. The Morgan fingerprint density at radius 3 is 2.43 bits per heavy atom. The van der Waals surface area contributed by atoms with Crippen molar-refractivity contribution in [1.29, 1.82) is 0 Å². The number of nitrogens with one attached hydrogen (secondary N) is 1. The first kappa shape index (κ1) is 15.4. The van der Waals surface area contributed by atoms with Gasteiger partial charge < -0.3 is 15.0 Å². The molecule has 5 nitrogen and oxygen atoms in total. The van der Waals surface area contributed by atoms with Gasteiger partial charge in [0.2, 0.25) is 5.91 Å². The first-order chi connectivity index (χ1) is 10.0. The van der Waals surface area contributed by atoms with E-state index in [0.29, 0.717) is 25.9 Å². The first-order valence-corrected chi connectivity index (χ1v) is 7.22. The Bertz CT molecular complexity index is 534. The molecular weight excluding hydrogens is 268 g/mol. The summed E-state index contributed by atoms with van der Waals surface area (Å²) >= 11 is 0. The maximum Gasteiger partial charge on any atom is 0.409 e. The molecular formula is C16H22N2O3. The lowest BCUT2D eigenvalue weighted by molar-refractivity contribution is -0.121. The van der Waals surface area contributed by atoms with Gasteiger partial charge in [0.15, 0.2) is 0 Å². The number of aryl methyl sites for hydroxylation is 2. The van der Waals surface area contributed by atoms with E-state index in [-0.39, 0.29) is 17.9 Å². The van der Waals surface area contributed by atoms with E-state index < -0.39 is 0 Å². The van der Waals surface area contributed by atoms with Crippen molar-refractivity contribution >= 4 is 17.7 Å². The van der Waals surface area contributed by atoms with E-state index in [0.717, 1.165) is 11.3 Å². The lowest BCUT2D eigenvalue weighted by Gasteiger charge is -2.30. The van der Waals surface area contributed by atoms with Crippen LogP contribution in [0.15, 0.2) is 18.2 Å². The molecule has 1 aliphatic heterocycles. The number of carbonyl (C=O) groups is 2. The predicted octanol–water partition coefficient (Wildman–Crippen LogP) is 2.72. The summed E-state index contributed by atoms with van der Waals surface area (Å²) in [6.45, 7) is 5.21. The highest BCUT2D eigenvalue weighted by Gasteiger charge is 2.27. The largest absolute Gasteiger partial charge is 0.453 e. The molecule has 0 aromatic heterocycles. The van der Waals surface area contributed by atoms with E-state index >= 15 is 0 Å².